The van der Waals surface area contributed by atoms with Crippen LogP contribution in [0.2, 0.25) is 0 Å². The molecule has 4 heteroatoms. The maximum absolute atomic E-state index is 9.97. The SMILES string of the molecule is CCOc1cc(/C=C(\C#N)c2ccc(C)cc2)cc(I)c1O. The zero-order valence-corrected chi connectivity index (χ0v) is 14.6. The monoisotopic (exact) mass is 405 g/mol. The van der Waals surface area contributed by atoms with Crippen molar-refractivity contribution in [2.75, 3.05) is 6.61 Å². The molecule has 0 aliphatic heterocycles. The molecule has 22 heavy (non-hydrogen) atoms. The number of ether oxygens (including phenoxy) is 1. The number of allylic oxidation sites excluding steroid dienone is 1. The Balaban J connectivity index is 2.46. The minimum absolute atomic E-state index is 0.133. The highest BCUT2D eigenvalue weighted by Crippen LogP contribution is 2.34. The first-order chi connectivity index (χ1) is 10.5. The third kappa shape index (κ3) is 3.80. The molecule has 0 spiro atoms. The van der Waals surface area contributed by atoms with Crippen LogP contribution in [0.5, 0.6) is 11.5 Å². The Hall–Kier alpha value is -2.00. The number of hydrogen-bond donors (Lipinski definition) is 1. The number of aryl methyl sites for hydroxylation is 1. The zero-order chi connectivity index (χ0) is 16.1. The van der Waals surface area contributed by atoms with Crippen molar-refractivity contribution in [2.24, 2.45) is 0 Å². The molecule has 0 saturated heterocycles. The highest BCUT2D eigenvalue weighted by molar-refractivity contribution is 14.1. The molecule has 2 aromatic rings. The van der Waals surface area contributed by atoms with Gasteiger partial charge in [0.05, 0.1) is 21.8 Å². The van der Waals surface area contributed by atoms with Gasteiger partial charge in [-0.15, -0.1) is 0 Å². The van der Waals surface area contributed by atoms with Crippen LogP contribution in [0.1, 0.15) is 23.6 Å². The van der Waals surface area contributed by atoms with Gasteiger partial charge < -0.3 is 9.84 Å². The van der Waals surface area contributed by atoms with E-state index in [2.05, 4.69) is 28.7 Å². The molecule has 3 nitrogen and oxygen atoms in total. The van der Waals surface area contributed by atoms with Crippen LogP contribution in [-0.4, -0.2) is 11.7 Å². The summed E-state index contributed by atoms with van der Waals surface area (Å²) in [6.07, 6.45) is 1.80. The fraction of sp³-hybridized carbons (Fsp3) is 0.167. The Morgan fingerprint density at radius 2 is 2.00 bits per heavy atom. The van der Waals surface area contributed by atoms with E-state index in [1.807, 2.05) is 44.2 Å². The Labute approximate surface area is 144 Å². The summed E-state index contributed by atoms with van der Waals surface area (Å²) in [6, 6.07) is 13.6. The van der Waals surface area contributed by atoms with Gasteiger partial charge in [-0.25, -0.2) is 0 Å². The molecule has 0 saturated carbocycles. The summed E-state index contributed by atoms with van der Waals surface area (Å²) >= 11 is 2.05. The van der Waals surface area contributed by atoms with Crippen molar-refractivity contribution in [3.05, 3.63) is 56.7 Å². The number of phenolic OH excluding ortho intramolecular Hbond substituents is 1. The first kappa shape index (κ1) is 16.4. The molecule has 2 aromatic carbocycles. The smallest absolute Gasteiger partial charge is 0.171 e. The van der Waals surface area contributed by atoms with Gasteiger partial charge in [0.2, 0.25) is 0 Å². The molecule has 2 rings (SSSR count). The number of aromatic hydroxyl groups is 1. The molecule has 0 fully saturated rings. The standard InChI is InChI=1S/C18H16INO2/c1-3-22-17-10-13(9-16(19)18(17)21)8-15(11-20)14-6-4-12(2)5-7-14/h4-10,21H,3H2,1-2H3/b15-8+. The van der Waals surface area contributed by atoms with Gasteiger partial charge in [0.1, 0.15) is 0 Å². The number of nitrogens with zero attached hydrogens (tertiary/aromatic N) is 1. The first-order valence-corrected chi connectivity index (χ1v) is 7.97. The van der Waals surface area contributed by atoms with E-state index in [4.69, 9.17) is 4.74 Å². The third-order valence-electron chi connectivity index (χ3n) is 3.14. The van der Waals surface area contributed by atoms with Gasteiger partial charge in [-0.05, 0) is 65.8 Å². The lowest BCUT2D eigenvalue weighted by atomic mass is 10.0. The van der Waals surface area contributed by atoms with E-state index in [-0.39, 0.29) is 5.75 Å². The normalized spacial score (nSPS) is 11.1. The van der Waals surface area contributed by atoms with Crippen molar-refractivity contribution in [3.8, 4) is 17.6 Å². The second-order valence-electron chi connectivity index (χ2n) is 4.82. The largest absolute Gasteiger partial charge is 0.504 e. The molecule has 0 aromatic heterocycles. The molecule has 0 heterocycles. The van der Waals surface area contributed by atoms with Crippen molar-refractivity contribution in [1.82, 2.24) is 0 Å². The van der Waals surface area contributed by atoms with Crippen molar-refractivity contribution in [1.29, 1.82) is 5.26 Å². The predicted molar refractivity (Wildman–Crippen MR) is 96.7 cm³/mol. The zero-order valence-electron chi connectivity index (χ0n) is 12.4. The van der Waals surface area contributed by atoms with Crippen LogP contribution in [0, 0.1) is 21.8 Å². The summed E-state index contributed by atoms with van der Waals surface area (Å²) in [5.74, 6) is 0.565. The van der Waals surface area contributed by atoms with Crippen LogP contribution in [0.15, 0.2) is 36.4 Å². The summed E-state index contributed by atoms with van der Waals surface area (Å²) in [5.41, 5.74) is 3.42. The second-order valence-corrected chi connectivity index (χ2v) is 5.98. The molecule has 0 radical (unpaired) electrons. The first-order valence-electron chi connectivity index (χ1n) is 6.89. The highest BCUT2D eigenvalue weighted by Gasteiger charge is 2.09. The summed E-state index contributed by atoms with van der Waals surface area (Å²) < 4.78 is 6.12. The van der Waals surface area contributed by atoms with Crippen LogP contribution >= 0.6 is 22.6 Å². The number of nitriles is 1. The Kier molecular flexibility index (Phi) is 5.45. The van der Waals surface area contributed by atoms with Crippen LogP contribution in [0.4, 0.5) is 0 Å². The van der Waals surface area contributed by atoms with E-state index in [0.717, 1.165) is 16.7 Å². The molecule has 0 bridgehead atoms. The number of rotatable bonds is 4. The van der Waals surface area contributed by atoms with Gasteiger partial charge in [-0.2, -0.15) is 5.26 Å². The highest BCUT2D eigenvalue weighted by atomic mass is 127. The van der Waals surface area contributed by atoms with Gasteiger partial charge >= 0.3 is 0 Å². The Morgan fingerprint density at radius 3 is 2.59 bits per heavy atom. The number of hydrogen-bond acceptors (Lipinski definition) is 3. The Morgan fingerprint density at radius 1 is 1.32 bits per heavy atom. The van der Waals surface area contributed by atoms with Crippen LogP contribution in [-0.2, 0) is 0 Å². The summed E-state index contributed by atoms with van der Waals surface area (Å²) in [4.78, 5) is 0. The van der Waals surface area contributed by atoms with Crippen molar-refractivity contribution in [2.45, 2.75) is 13.8 Å². The summed E-state index contributed by atoms with van der Waals surface area (Å²) in [5, 5.41) is 19.4. The topological polar surface area (TPSA) is 53.2 Å². The lowest BCUT2D eigenvalue weighted by Crippen LogP contribution is -1.94. The molecule has 0 amide bonds. The fourth-order valence-corrected chi connectivity index (χ4v) is 2.65. The average Bonchev–Trinajstić information content (AvgIpc) is 2.51. The molecule has 0 unspecified atom stereocenters. The van der Waals surface area contributed by atoms with Crippen molar-refractivity contribution >= 4 is 34.2 Å². The lowest BCUT2D eigenvalue weighted by molar-refractivity contribution is 0.317. The predicted octanol–water partition coefficient (Wildman–Crippen LogP) is 4.77. The number of halogens is 1. The van der Waals surface area contributed by atoms with Crippen molar-refractivity contribution < 1.29 is 9.84 Å². The van der Waals surface area contributed by atoms with E-state index in [9.17, 15) is 10.4 Å². The van der Waals surface area contributed by atoms with Crippen LogP contribution in [0.3, 0.4) is 0 Å². The fourth-order valence-electron chi connectivity index (χ4n) is 2.02. The number of benzene rings is 2. The molecule has 112 valence electrons. The van der Waals surface area contributed by atoms with Gasteiger partial charge in [0, 0.05) is 0 Å². The maximum Gasteiger partial charge on any atom is 0.171 e. The average molecular weight is 405 g/mol. The molecule has 0 atom stereocenters. The molecular weight excluding hydrogens is 389 g/mol. The summed E-state index contributed by atoms with van der Waals surface area (Å²) in [6.45, 7) is 4.35. The third-order valence-corrected chi connectivity index (χ3v) is 3.97. The van der Waals surface area contributed by atoms with Crippen LogP contribution < -0.4 is 4.74 Å². The minimum atomic E-state index is 0.133. The van der Waals surface area contributed by atoms with E-state index in [0.29, 0.717) is 21.5 Å². The Bertz CT molecular complexity index is 743. The van der Waals surface area contributed by atoms with Crippen molar-refractivity contribution in [3.63, 3.8) is 0 Å². The lowest BCUT2D eigenvalue weighted by Gasteiger charge is -2.09. The minimum Gasteiger partial charge on any atom is -0.504 e. The number of phenols is 1. The molecular formula is C18H16INO2. The van der Waals surface area contributed by atoms with Crippen LogP contribution in [0.25, 0.3) is 11.6 Å². The second kappa shape index (κ2) is 7.32. The van der Waals surface area contributed by atoms with Gasteiger partial charge in [0.15, 0.2) is 11.5 Å². The molecule has 0 aliphatic carbocycles. The quantitative estimate of drug-likeness (QED) is 0.453. The van der Waals surface area contributed by atoms with Gasteiger partial charge in [0.25, 0.3) is 0 Å². The molecule has 1 N–H and O–H groups in total. The molecule has 0 aliphatic rings. The van der Waals surface area contributed by atoms with E-state index >= 15 is 0 Å². The summed E-state index contributed by atoms with van der Waals surface area (Å²) in [7, 11) is 0. The van der Waals surface area contributed by atoms with Gasteiger partial charge in [-0.3, -0.25) is 0 Å². The van der Waals surface area contributed by atoms with Gasteiger partial charge in [-0.1, -0.05) is 29.8 Å². The maximum atomic E-state index is 9.97. The van der Waals surface area contributed by atoms with E-state index < -0.39 is 0 Å². The van der Waals surface area contributed by atoms with E-state index in [1.54, 1.807) is 12.1 Å². The van der Waals surface area contributed by atoms with E-state index in [1.165, 1.54) is 0 Å².